The third kappa shape index (κ3) is 2.14. The third-order valence-corrected chi connectivity index (χ3v) is 3.26. The van der Waals surface area contributed by atoms with Gasteiger partial charge in [-0.1, -0.05) is 18.2 Å². The second-order valence-corrected chi connectivity index (χ2v) is 4.43. The lowest BCUT2D eigenvalue weighted by atomic mass is 10.0. The molecule has 0 saturated carbocycles. The molecular formula is C13H14N2S. The molecule has 2 aromatic carbocycles. The molecule has 4 N–H and O–H groups in total. The van der Waals surface area contributed by atoms with Gasteiger partial charge in [0.1, 0.15) is 0 Å². The molecule has 0 aromatic heterocycles. The highest BCUT2D eigenvalue weighted by atomic mass is 32.2. The molecule has 3 heteroatoms. The first-order chi connectivity index (χ1) is 7.70. The molecular weight excluding hydrogens is 216 g/mol. The second kappa shape index (κ2) is 4.49. The number of thioether (sulfide) groups is 1. The zero-order chi connectivity index (χ0) is 11.5. The summed E-state index contributed by atoms with van der Waals surface area (Å²) in [6.45, 7) is 0. The van der Waals surface area contributed by atoms with Crippen LogP contribution in [0.2, 0.25) is 0 Å². The Morgan fingerprint density at radius 3 is 2.31 bits per heavy atom. The first-order valence-corrected chi connectivity index (χ1v) is 6.22. The summed E-state index contributed by atoms with van der Waals surface area (Å²) in [7, 11) is 0. The summed E-state index contributed by atoms with van der Waals surface area (Å²) in [4.78, 5) is 1.10. The molecule has 2 nitrogen and oxygen atoms in total. The minimum atomic E-state index is 0.769. The Morgan fingerprint density at radius 2 is 1.69 bits per heavy atom. The van der Waals surface area contributed by atoms with Gasteiger partial charge in [-0.2, -0.15) is 0 Å². The molecule has 0 bridgehead atoms. The summed E-state index contributed by atoms with van der Waals surface area (Å²) in [5.74, 6) is 0. The van der Waals surface area contributed by atoms with E-state index in [0.29, 0.717) is 0 Å². The van der Waals surface area contributed by atoms with Gasteiger partial charge in [0, 0.05) is 16.3 Å². The summed E-state index contributed by atoms with van der Waals surface area (Å²) in [6.07, 6.45) is 2.02. The molecule has 0 amide bonds. The Kier molecular flexibility index (Phi) is 3.06. The van der Waals surface area contributed by atoms with Crippen LogP contribution >= 0.6 is 11.8 Å². The van der Waals surface area contributed by atoms with Crippen molar-refractivity contribution in [1.29, 1.82) is 0 Å². The Hall–Kier alpha value is -1.61. The van der Waals surface area contributed by atoms with Crippen molar-refractivity contribution < 1.29 is 0 Å². The van der Waals surface area contributed by atoms with Gasteiger partial charge in [-0.15, -0.1) is 11.8 Å². The normalized spacial score (nSPS) is 10.3. The fraction of sp³-hybridized carbons (Fsp3) is 0.0769. The largest absolute Gasteiger partial charge is 0.399 e. The molecule has 0 aliphatic carbocycles. The lowest BCUT2D eigenvalue weighted by molar-refractivity contribution is 1.46. The summed E-state index contributed by atoms with van der Waals surface area (Å²) in [5.41, 5.74) is 15.5. The predicted molar refractivity (Wildman–Crippen MR) is 72.5 cm³/mol. The van der Waals surface area contributed by atoms with Gasteiger partial charge >= 0.3 is 0 Å². The number of benzene rings is 2. The molecule has 0 atom stereocenters. The molecule has 82 valence electrons. The van der Waals surface area contributed by atoms with Gasteiger partial charge in [0.25, 0.3) is 0 Å². The van der Waals surface area contributed by atoms with Crippen LogP contribution in [0.1, 0.15) is 0 Å². The van der Waals surface area contributed by atoms with Crippen LogP contribution in [-0.2, 0) is 0 Å². The molecule has 0 saturated heterocycles. The Morgan fingerprint density at radius 1 is 0.938 bits per heavy atom. The van der Waals surface area contributed by atoms with E-state index in [-0.39, 0.29) is 0 Å². The Bertz CT molecular complexity index is 509. The first kappa shape index (κ1) is 10.9. The first-order valence-electron chi connectivity index (χ1n) is 5.00. The maximum atomic E-state index is 5.96. The minimum absolute atomic E-state index is 0.769. The molecule has 2 rings (SSSR count). The van der Waals surface area contributed by atoms with Crippen molar-refractivity contribution in [2.75, 3.05) is 17.7 Å². The van der Waals surface area contributed by atoms with Crippen LogP contribution in [0.15, 0.2) is 47.4 Å². The van der Waals surface area contributed by atoms with Gasteiger partial charge in [-0.25, -0.2) is 0 Å². The van der Waals surface area contributed by atoms with Crippen molar-refractivity contribution >= 4 is 23.1 Å². The molecule has 0 fully saturated rings. The summed E-state index contributed by atoms with van der Waals surface area (Å²) < 4.78 is 0. The Balaban J connectivity index is 2.45. The van der Waals surface area contributed by atoms with Crippen LogP contribution < -0.4 is 11.5 Å². The van der Waals surface area contributed by atoms with Crippen LogP contribution in [-0.4, -0.2) is 6.26 Å². The van der Waals surface area contributed by atoms with Crippen molar-refractivity contribution in [3.8, 4) is 11.1 Å². The van der Waals surface area contributed by atoms with Crippen LogP contribution in [0.4, 0.5) is 11.4 Å². The van der Waals surface area contributed by atoms with E-state index in [1.165, 1.54) is 0 Å². The lowest BCUT2D eigenvalue weighted by Crippen LogP contribution is -1.90. The van der Waals surface area contributed by atoms with Gasteiger partial charge in [-0.05, 0) is 41.6 Å². The summed E-state index contributed by atoms with van der Waals surface area (Å²) in [6, 6.07) is 13.9. The Labute approximate surface area is 99.7 Å². The zero-order valence-electron chi connectivity index (χ0n) is 9.10. The van der Waals surface area contributed by atoms with E-state index >= 15 is 0 Å². The average molecular weight is 230 g/mol. The van der Waals surface area contributed by atoms with E-state index in [1.807, 2.05) is 42.7 Å². The number of nitrogens with two attached hydrogens (primary N) is 2. The molecule has 0 aliphatic heterocycles. The zero-order valence-corrected chi connectivity index (χ0v) is 9.92. The molecule has 16 heavy (non-hydrogen) atoms. The fourth-order valence-corrected chi connectivity index (χ4v) is 2.13. The molecule has 0 heterocycles. The third-order valence-electron chi connectivity index (χ3n) is 2.45. The SMILES string of the molecule is CSc1ccc(-c2cccc(N)c2)cc1N. The van der Waals surface area contributed by atoms with Crippen LogP contribution in [0.25, 0.3) is 11.1 Å². The topological polar surface area (TPSA) is 52.0 Å². The van der Waals surface area contributed by atoms with Crippen molar-refractivity contribution in [1.82, 2.24) is 0 Å². The maximum absolute atomic E-state index is 5.96. The van der Waals surface area contributed by atoms with Crippen molar-refractivity contribution in [2.45, 2.75) is 4.90 Å². The highest BCUT2D eigenvalue weighted by Gasteiger charge is 2.02. The number of rotatable bonds is 2. The molecule has 2 aromatic rings. The van der Waals surface area contributed by atoms with Gasteiger partial charge in [0.15, 0.2) is 0 Å². The number of nitrogen functional groups attached to an aromatic ring is 2. The number of anilines is 2. The van der Waals surface area contributed by atoms with Crippen LogP contribution in [0, 0.1) is 0 Å². The lowest BCUT2D eigenvalue weighted by Gasteiger charge is -2.07. The van der Waals surface area contributed by atoms with E-state index in [1.54, 1.807) is 11.8 Å². The predicted octanol–water partition coefficient (Wildman–Crippen LogP) is 3.24. The summed E-state index contributed by atoms with van der Waals surface area (Å²) >= 11 is 1.65. The van der Waals surface area contributed by atoms with Gasteiger partial charge in [0.2, 0.25) is 0 Å². The summed E-state index contributed by atoms with van der Waals surface area (Å²) in [5, 5.41) is 0. The monoisotopic (exact) mass is 230 g/mol. The van der Waals surface area contributed by atoms with Crippen molar-refractivity contribution in [3.05, 3.63) is 42.5 Å². The second-order valence-electron chi connectivity index (χ2n) is 3.58. The quantitative estimate of drug-likeness (QED) is 0.615. The van der Waals surface area contributed by atoms with Gasteiger partial charge < -0.3 is 11.5 Å². The number of hydrogen-bond acceptors (Lipinski definition) is 3. The average Bonchev–Trinajstić information content (AvgIpc) is 2.29. The van der Waals surface area contributed by atoms with Gasteiger partial charge in [0.05, 0.1) is 0 Å². The van der Waals surface area contributed by atoms with Crippen molar-refractivity contribution in [2.24, 2.45) is 0 Å². The van der Waals surface area contributed by atoms with E-state index in [4.69, 9.17) is 11.5 Å². The molecule has 0 spiro atoms. The molecule has 0 unspecified atom stereocenters. The molecule has 0 radical (unpaired) electrons. The number of hydrogen-bond donors (Lipinski definition) is 2. The van der Waals surface area contributed by atoms with Gasteiger partial charge in [-0.3, -0.25) is 0 Å². The highest BCUT2D eigenvalue weighted by Crippen LogP contribution is 2.29. The van der Waals surface area contributed by atoms with Crippen molar-refractivity contribution in [3.63, 3.8) is 0 Å². The maximum Gasteiger partial charge on any atom is 0.0458 e. The minimum Gasteiger partial charge on any atom is -0.399 e. The van der Waals surface area contributed by atoms with E-state index in [2.05, 4.69) is 6.07 Å². The van der Waals surface area contributed by atoms with E-state index in [0.717, 1.165) is 27.4 Å². The van der Waals surface area contributed by atoms with Crippen LogP contribution in [0.5, 0.6) is 0 Å². The highest BCUT2D eigenvalue weighted by molar-refractivity contribution is 7.98. The molecule has 0 aliphatic rings. The fourth-order valence-electron chi connectivity index (χ4n) is 1.63. The smallest absolute Gasteiger partial charge is 0.0458 e. The van der Waals surface area contributed by atoms with E-state index in [9.17, 15) is 0 Å². The van der Waals surface area contributed by atoms with E-state index < -0.39 is 0 Å². The standard InChI is InChI=1S/C13H14N2S/c1-16-13-6-5-10(8-12(13)15)9-3-2-4-11(14)7-9/h2-8H,14-15H2,1H3. The van der Waals surface area contributed by atoms with Crippen LogP contribution in [0.3, 0.4) is 0 Å².